The monoisotopic (exact) mass is 381 g/mol. The number of ether oxygens (including phenoxy) is 1. The van der Waals surface area contributed by atoms with Crippen molar-refractivity contribution in [2.24, 2.45) is 0 Å². The zero-order chi connectivity index (χ0) is 19.9. The molecule has 1 N–H and O–H groups in total. The summed E-state index contributed by atoms with van der Waals surface area (Å²) in [6.45, 7) is 6.91. The first-order chi connectivity index (χ1) is 13.6. The van der Waals surface area contributed by atoms with Crippen molar-refractivity contribution >= 4 is 17.5 Å². The van der Waals surface area contributed by atoms with E-state index in [0.717, 1.165) is 0 Å². The Balaban J connectivity index is 1.55. The number of para-hydroxylation sites is 2. The SMILES string of the molecule is CCOc1ccccc1NC(=O)C(C)N1CCN(C(=O)c2ccccc2)CC1. The number of anilines is 1. The molecule has 0 radical (unpaired) electrons. The van der Waals surface area contributed by atoms with Crippen LogP contribution >= 0.6 is 0 Å². The van der Waals surface area contributed by atoms with Crippen molar-refractivity contribution in [1.82, 2.24) is 9.80 Å². The Hall–Kier alpha value is -2.86. The number of carbonyl (C=O) groups is 2. The highest BCUT2D eigenvalue weighted by Gasteiger charge is 2.28. The van der Waals surface area contributed by atoms with Crippen LogP contribution < -0.4 is 10.1 Å². The number of amides is 2. The van der Waals surface area contributed by atoms with Crippen LogP contribution in [0.5, 0.6) is 5.75 Å². The molecule has 2 aromatic carbocycles. The maximum atomic E-state index is 12.7. The lowest BCUT2D eigenvalue weighted by molar-refractivity contribution is -0.121. The summed E-state index contributed by atoms with van der Waals surface area (Å²) < 4.78 is 5.57. The number of piperazine rings is 1. The molecule has 0 aliphatic carbocycles. The largest absolute Gasteiger partial charge is 0.492 e. The van der Waals surface area contributed by atoms with Crippen LogP contribution in [0.25, 0.3) is 0 Å². The Kier molecular flexibility index (Phi) is 6.66. The molecule has 3 rings (SSSR count). The Bertz CT molecular complexity index is 802. The fourth-order valence-electron chi connectivity index (χ4n) is 3.33. The molecule has 1 atom stereocenters. The van der Waals surface area contributed by atoms with Gasteiger partial charge in [-0.3, -0.25) is 14.5 Å². The van der Waals surface area contributed by atoms with Gasteiger partial charge in [-0.25, -0.2) is 0 Å². The van der Waals surface area contributed by atoms with Gasteiger partial charge in [0.1, 0.15) is 5.75 Å². The Labute approximate surface area is 166 Å². The standard InChI is InChI=1S/C22H27N3O3/c1-3-28-20-12-8-7-11-19(20)23-21(26)17(2)24-13-15-25(16-14-24)22(27)18-9-5-4-6-10-18/h4-12,17H,3,13-16H2,1-2H3,(H,23,26). The predicted octanol–water partition coefficient (Wildman–Crippen LogP) is 2.87. The van der Waals surface area contributed by atoms with E-state index in [1.165, 1.54) is 0 Å². The maximum absolute atomic E-state index is 12.7. The number of nitrogens with one attached hydrogen (secondary N) is 1. The average Bonchev–Trinajstić information content (AvgIpc) is 2.75. The first-order valence-corrected chi connectivity index (χ1v) is 9.71. The molecule has 0 bridgehead atoms. The normalized spacial score (nSPS) is 15.7. The highest BCUT2D eigenvalue weighted by Crippen LogP contribution is 2.24. The minimum Gasteiger partial charge on any atom is -0.492 e. The van der Waals surface area contributed by atoms with Gasteiger partial charge in [-0.05, 0) is 38.1 Å². The van der Waals surface area contributed by atoms with Gasteiger partial charge in [-0.2, -0.15) is 0 Å². The summed E-state index contributed by atoms with van der Waals surface area (Å²) >= 11 is 0. The average molecular weight is 381 g/mol. The third kappa shape index (κ3) is 4.70. The number of nitrogens with zero attached hydrogens (tertiary/aromatic N) is 2. The topological polar surface area (TPSA) is 61.9 Å². The highest BCUT2D eigenvalue weighted by atomic mass is 16.5. The molecule has 1 unspecified atom stereocenters. The Morgan fingerprint density at radius 1 is 1.00 bits per heavy atom. The van der Waals surface area contributed by atoms with Gasteiger partial charge in [0, 0.05) is 31.7 Å². The molecule has 2 amide bonds. The third-order valence-electron chi connectivity index (χ3n) is 4.99. The minimum atomic E-state index is -0.288. The summed E-state index contributed by atoms with van der Waals surface area (Å²) in [5.41, 5.74) is 1.38. The number of benzene rings is 2. The summed E-state index contributed by atoms with van der Waals surface area (Å²) in [5, 5.41) is 2.97. The molecule has 28 heavy (non-hydrogen) atoms. The summed E-state index contributed by atoms with van der Waals surface area (Å²) in [4.78, 5) is 29.2. The molecule has 1 aliphatic rings. The van der Waals surface area contributed by atoms with Crippen LogP contribution in [0.4, 0.5) is 5.69 Å². The van der Waals surface area contributed by atoms with Crippen molar-refractivity contribution < 1.29 is 14.3 Å². The molecule has 1 heterocycles. The van der Waals surface area contributed by atoms with Crippen molar-refractivity contribution in [3.8, 4) is 5.75 Å². The second-order valence-electron chi connectivity index (χ2n) is 6.79. The van der Waals surface area contributed by atoms with E-state index >= 15 is 0 Å². The number of carbonyl (C=O) groups excluding carboxylic acids is 2. The summed E-state index contributed by atoms with van der Waals surface area (Å²) in [6.07, 6.45) is 0. The predicted molar refractivity (Wildman–Crippen MR) is 110 cm³/mol. The van der Waals surface area contributed by atoms with Gasteiger partial charge in [-0.15, -0.1) is 0 Å². The van der Waals surface area contributed by atoms with E-state index in [1.807, 2.05) is 73.3 Å². The second kappa shape index (κ2) is 9.37. The molecule has 6 nitrogen and oxygen atoms in total. The molecular formula is C22H27N3O3. The van der Waals surface area contributed by atoms with Gasteiger partial charge < -0.3 is 15.0 Å². The number of hydrogen-bond acceptors (Lipinski definition) is 4. The Morgan fingerprint density at radius 3 is 2.32 bits per heavy atom. The first-order valence-electron chi connectivity index (χ1n) is 9.71. The second-order valence-corrected chi connectivity index (χ2v) is 6.79. The molecular weight excluding hydrogens is 354 g/mol. The highest BCUT2D eigenvalue weighted by molar-refractivity contribution is 5.96. The quantitative estimate of drug-likeness (QED) is 0.836. The maximum Gasteiger partial charge on any atom is 0.253 e. The molecule has 0 saturated carbocycles. The van der Waals surface area contributed by atoms with Gasteiger partial charge in [-0.1, -0.05) is 30.3 Å². The zero-order valence-corrected chi connectivity index (χ0v) is 16.4. The van der Waals surface area contributed by atoms with Gasteiger partial charge in [0.25, 0.3) is 5.91 Å². The van der Waals surface area contributed by atoms with Crippen LogP contribution in [0.3, 0.4) is 0 Å². The van der Waals surface area contributed by atoms with E-state index in [1.54, 1.807) is 0 Å². The summed E-state index contributed by atoms with van der Waals surface area (Å²) in [6, 6.07) is 16.5. The van der Waals surface area contributed by atoms with Gasteiger partial charge in [0.15, 0.2) is 0 Å². The van der Waals surface area contributed by atoms with Crippen LogP contribution in [-0.2, 0) is 4.79 Å². The minimum absolute atomic E-state index is 0.0444. The van der Waals surface area contributed by atoms with Crippen LogP contribution in [0.2, 0.25) is 0 Å². The van der Waals surface area contributed by atoms with E-state index in [9.17, 15) is 9.59 Å². The lowest BCUT2D eigenvalue weighted by atomic mass is 10.1. The van der Waals surface area contributed by atoms with Crippen molar-refractivity contribution in [2.75, 3.05) is 38.1 Å². The van der Waals surface area contributed by atoms with Crippen LogP contribution in [-0.4, -0.2) is 60.4 Å². The lowest BCUT2D eigenvalue weighted by Gasteiger charge is -2.37. The van der Waals surface area contributed by atoms with Crippen LogP contribution in [0.1, 0.15) is 24.2 Å². The zero-order valence-electron chi connectivity index (χ0n) is 16.4. The number of rotatable bonds is 6. The van der Waals surface area contributed by atoms with E-state index in [0.29, 0.717) is 49.8 Å². The molecule has 148 valence electrons. The molecule has 0 spiro atoms. The third-order valence-corrected chi connectivity index (χ3v) is 4.99. The lowest BCUT2D eigenvalue weighted by Crippen LogP contribution is -2.54. The van der Waals surface area contributed by atoms with E-state index in [4.69, 9.17) is 4.74 Å². The summed E-state index contributed by atoms with van der Waals surface area (Å²) in [5.74, 6) is 0.641. The van der Waals surface area contributed by atoms with Gasteiger partial charge >= 0.3 is 0 Å². The van der Waals surface area contributed by atoms with Gasteiger partial charge in [0.05, 0.1) is 18.3 Å². The van der Waals surface area contributed by atoms with Crippen LogP contribution in [0, 0.1) is 0 Å². The molecule has 1 aliphatic heterocycles. The van der Waals surface area contributed by atoms with Crippen molar-refractivity contribution in [3.05, 3.63) is 60.2 Å². The van der Waals surface area contributed by atoms with Crippen molar-refractivity contribution in [2.45, 2.75) is 19.9 Å². The fourth-order valence-corrected chi connectivity index (χ4v) is 3.33. The molecule has 6 heteroatoms. The van der Waals surface area contributed by atoms with E-state index < -0.39 is 0 Å². The number of hydrogen-bond donors (Lipinski definition) is 1. The van der Waals surface area contributed by atoms with E-state index in [-0.39, 0.29) is 17.9 Å². The van der Waals surface area contributed by atoms with Crippen molar-refractivity contribution in [3.63, 3.8) is 0 Å². The summed E-state index contributed by atoms with van der Waals surface area (Å²) in [7, 11) is 0. The molecule has 1 saturated heterocycles. The van der Waals surface area contributed by atoms with E-state index in [2.05, 4.69) is 10.2 Å². The first kappa shape index (κ1) is 19.9. The van der Waals surface area contributed by atoms with Crippen LogP contribution in [0.15, 0.2) is 54.6 Å². The molecule has 1 fully saturated rings. The fraction of sp³-hybridized carbons (Fsp3) is 0.364. The van der Waals surface area contributed by atoms with Crippen molar-refractivity contribution in [1.29, 1.82) is 0 Å². The molecule has 0 aromatic heterocycles. The van der Waals surface area contributed by atoms with Gasteiger partial charge in [0.2, 0.25) is 5.91 Å². The Morgan fingerprint density at radius 2 is 1.64 bits per heavy atom. The smallest absolute Gasteiger partial charge is 0.253 e. The molecule has 2 aromatic rings.